The van der Waals surface area contributed by atoms with Gasteiger partial charge in [0.15, 0.2) is 0 Å². The van der Waals surface area contributed by atoms with Gasteiger partial charge in [0.2, 0.25) is 5.91 Å². The first kappa shape index (κ1) is 20.6. The highest BCUT2D eigenvalue weighted by Crippen LogP contribution is 2.22. The Kier molecular flexibility index (Phi) is 7.31. The van der Waals surface area contributed by atoms with Gasteiger partial charge in [-0.25, -0.2) is 0 Å². The molecule has 154 valence electrons. The maximum atomic E-state index is 12.8. The fourth-order valence-corrected chi connectivity index (χ4v) is 3.66. The van der Waals surface area contributed by atoms with Gasteiger partial charge in [0.1, 0.15) is 5.75 Å². The van der Waals surface area contributed by atoms with Crippen molar-refractivity contribution in [2.75, 3.05) is 46.0 Å². The Labute approximate surface area is 167 Å². The molecule has 3 rings (SSSR count). The number of rotatable bonds is 6. The predicted molar refractivity (Wildman–Crippen MR) is 107 cm³/mol. The molecule has 0 aliphatic carbocycles. The third-order valence-corrected chi connectivity index (χ3v) is 5.52. The highest BCUT2D eigenvalue weighted by molar-refractivity contribution is 5.94. The minimum absolute atomic E-state index is 0.0267. The van der Waals surface area contributed by atoms with E-state index >= 15 is 0 Å². The number of hydrogen-bond acceptors (Lipinski definition) is 4. The van der Waals surface area contributed by atoms with Crippen molar-refractivity contribution in [1.82, 2.24) is 9.80 Å². The number of carbonyl (C=O) groups is 2. The Morgan fingerprint density at radius 2 is 1.68 bits per heavy atom. The van der Waals surface area contributed by atoms with Gasteiger partial charge in [-0.1, -0.05) is 13.8 Å². The second kappa shape index (κ2) is 9.92. The molecular weight excluding hydrogens is 356 g/mol. The van der Waals surface area contributed by atoms with Crippen LogP contribution in [0.2, 0.25) is 0 Å². The van der Waals surface area contributed by atoms with E-state index in [2.05, 4.69) is 13.8 Å². The van der Waals surface area contributed by atoms with Crippen LogP contribution in [0.5, 0.6) is 5.75 Å². The lowest BCUT2D eigenvalue weighted by Crippen LogP contribution is -2.47. The summed E-state index contributed by atoms with van der Waals surface area (Å²) < 4.78 is 11.0. The van der Waals surface area contributed by atoms with Crippen molar-refractivity contribution >= 4 is 11.8 Å². The zero-order valence-electron chi connectivity index (χ0n) is 17.1. The Bertz CT molecular complexity index is 645. The van der Waals surface area contributed by atoms with Crippen LogP contribution >= 0.6 is 0 Å². The fourth-order valence-electron chi connectivity index (χ4n) is 3.66. The van der Waals surface area contributed by atoms with Crippen molar-refractivity contribution in [1.29, 1.82) is 0 Å². The molecule has 0 spiro atoms. The molecule has 0 bridgehead atoms. The van der Waals surface area contributed by atoms with Crippen LogP contribution in [0, 0.1) is 11.8 Å². The molecule has 1 aromatic carbocycles. The average molecular weight is 389 g/mol. The van der Waals surface area contributed by atoms with Crippen molar-refractivity contribution < 1.29 is 19.1 Å². The maximum absolute atomic E-state index is 12.8. The number of morpholine rings is 1. The van der Waals surface area contributed by atoms with Crippen LogP contribution in [0.4, 0.5) is 0 Å². The molecule has 2 aliphatic rings. The summed E-state index contributed by atoms with van der Waals surface area (Å²) in [4.78, 5) is 29.1. The molecule has 28 heavy (non-hydrogen) atoms. The van der Waals surface area contributed by atoms with E-state index in [0.717, 1.165) is 25.0 Å². The smallest absolute Gasteiger partial charge is 0.253 e. The van der Waals surface area contributed by atoms with E-state index in [1.54, 1.807) is 0 Å². The van der Waals surface area contributed by atoms with E-state index in [1.807, 2.05) is 34.1 Å². The highest BCUT2D eigenvalue weighted by atomic mass is 16.5. The van der Waals surface area contributed by atoms with Gasteiger partial charge < -0.3 is 19.3 Å². The third-order valence-electron chi connectivity index (χ3n) is 5.52. The summed E-state index contributed by atoms with van der Waals surface area (Å²) in [7, 11) is 0. The summed E-state index contributed by atoms with van der Waals surface area (Å²) in [6.07, 6.45) is 2.48. The van der Waals surface area contributed by atoms with Crippen molar-refractivity contribution in [3.8, 4) is 5.75 Å². The highest BCUT2D eigenvalue weighted by Gasteiger charge is 2.31. The van der Waals surface area contributed by atoms with Gasteiger partial charge in [0.05, 0.1) is 19.8 Å². The molecule has 2 heterocycles. The molecule has 0 unspecified atom stereocenters. The van der Waals surface area contributed by atoms with Crippen LogP contribution in [-0.2, 0) is 9.53 Å². The molecule has 0 saturated carbocycles. The summed E-state index contributed by atoms with van der Waals surface area (Å²) in [6, 6.07) is 7.39. The largest absolute Gasteiger partial charge is 0.494 e. The molecule has 0 aromatic heterocycles. The van der Waals surface area contributed by atoms with Gasteiger partial charge in [-0.2, -0.15) is 0 Å². The van der Waals surface area contributed by atoms with Crippen LogP contribution < -0.4 is 4.74 Å². The lowest BCUT2D eigenvalue weighted by atomic mass is 9.94. The second-order valence-electron chi connectivity index (χ2n) is 8.06. The average Bonchev–Trinajstić information content (AvgIpc) is 2.74. The van der Waals surface area contributed by atoms with Crippen molar-refractivity contribution in [3.05, 3.63) is 29.8 Å². The molecule has 6 heteroatoms. The van der Waals surface area contributed by atoms with Crippen molar-refractivity contribution in [3.63, 3.8) is 0 Å². The van der Waals surface area contributed by atoms with Crippen LogP contribution in [-0.4, -0.2) is 67.6 Å². The van der Waals surface area contributed by atoms with Gasteiger partial charge in [-0.05, 0) is 49.4 Å². The number of nitrogens with zero attached hydrogens (tertiary/aromatic N) is 2. The van der Waals surface area contributed by atoms with Crippen LogP contribution in [0.3, 0.4) is 0 Å². The van der Waals surface area contributed by atoms with Gasteiger partial charge in [-0.3, -0.25) is 9.59 Å². The minimum atomic E-state index is 0.0267. The summed E-state index contributed by atoms with van der Waals surface area (Å²) in [5.41, 5.74) is 0.675. The summed E-state index contributed by atoms with van der Waals surface area (Å²) in [6.45, 7) is 8.91. The predicted octanol–water partition coefficient (Wildman–Crippen LogP) is 2.82. The van der Waals surface area contributed by atoms with Crippen LogP contribution in [0.25, 0.3) is 0 Å². The molecule has 2 amide bonds. The van der Waals surface area contributed by atoms with Gasteiger partial charge in [-0.15, -0.1) is 0 Å². The first-order valence-electron chi connectivity index (χ1n) is 10.4. The first-order valence-corrected chi connectivity index (χ1v) is 10.4. The van der Waals surface area contributed by atoms with Gasteiger partial charge in [0.25, 0.3) is 5.91 Å². The van der Waals surface area contributed by atoms with Gasteiger partial charge in [0, 0.05) is 37.7 Å². The van der Waals surface area contributed by atoms with Crippen molar-refractivity contribution in [2.45, 2.75) is 33.1 Å². The van der Waals surface area contributed by atoms with E-state index in [-0.39, 0.29) is 17.7 Å². The molecule has 6 nitrogen and oxygen atoms in total. The topological polar surface area (TPSA) is 59.1 Å². The molecule has 2 aliphatic heterocycles. The maximum Gasteiger partial charge on any atom is 0.253 e. The Morgan fingerprint density at radius 1 is 1.04 bits per heavy atom. The zero-order chi connectivity index (χ0) is 19.9. The Balaban J connectivity index is 1.47. The van der Waals surface area contributed by atoms with Crippen molar-refractivity contribution in [2.24, 2.45) is 11.8 Å². The lowest BCUT2D eigenvalue weighted by Gasteiger charge is -2.35. The molecule has 2 saturated heterocycles. The van der Waals surface area contributed by atoms with E-state index < -0.39 is 0 Å². The summed E-state index contributed by atoms with van der Waals surface area (Å²) in [5.74, 6) is 1.69. The Hall–Kier alpha value is -2.08. The number of likely N-dealkylation sites (tertiary alicyclic amines) is 1. The van der Waals surface area contributed by atoms with E-state index in [9.17, 15) is 9.59 Å². The third kappa shape index (κ3) is 5.47. The number of benzene rings is 1. The number of piperidine rings is 1. The SMILES string of the molecule is CC(C)CCOc1ccc(C(=O)N2CCC(C(=O)N3CCOCC3)CC2)cc1. The number of ether oxygens (including phenoxy) is 2. The molecule has 2 fully saturated rings. The molecule has 0 N–H and O–H groups in total. The first-order chi connectivity index (χ1) is 13.5. The monoisotopic (exact) mass is 388 g/mol. The standard InChI is InChI=1S/C22H32N2O4/c1-17(2)9-14-28-20-5-3-18(4-6-20)21(25)23-10-7-19(8-11-23)22(26)24-12-15-27-16-13-24/h3-6,17,19H,7-16H2,1-2H3. The zero-order valence-corrected chi connectivity index (χ0v) is 17.1. The Morgan fingerprint density at radius 3 is 2.29 bits per heavy atom. The van der Waals surface area contributed by atoms with E-state index in [1.165, 1.54) is 0 Å². The quantitative estimate of drug-likeness (QED) is 0.752. The van der Waals surface area contributed by atoms with Crippen LogP contribution in [0.15, 0.2) is 24.3 Å². The normalized spacial score (nSPS) is 18.4. The van der Waals surface area contributed by atoms with E-state index in [4.69, 9.17) is 9.47 Å². The summed E-state index contributed by atoms with van der Waals surface area (Å²) >= 11 is 0. The van der Waals surface area contributed by atoms with E-state index in [0.29, 0.717) is 57.5 Å². The lowest BCUT2D eigenvalue weighted by molar-refractivity contribution is -0.141. The number of amides is 2. The molecular formula is C22H32N2O4. The number of carbonyl (C=O) groups excluding carboxylic acids is 2. The molecule has 0 radical (unpaired) electrons. The summed E-state index contributed by atoms with van der Waals surface area (Å²) in [5, 5.41) is 0. The molecule has 0 atom stereocenters. The van der Waals surface area contributed by atoms with Gasteiger partial charge >= 0.3 is 0 Å². The fraction of sp³-hybridized carbons (Fsp3) is 0.636. The minimum Gasteiger partial charge on any atom is -0.494 e. The molecule has 1 aromatic rings. The number of hydrogen-bond donors (Lipinski definition) is 0. The van der Waals surface area contributed by atoms with Crippen LogP contribution in [0.1, 0.15) is 43.5 Å². The second-order valence-corrected chi connectivity index (χ2v) is 8.06.